The third kappa shape index (κ3) is 3.59. The molecule has 0 saturated heterocycles. The summed E-state index contributed by atoms with van der Waals surface area (Å²) in [6.07, 6.45) is 0. The summed E-state index contributed by atoms with van der Waals surface area (Å²) >= 11 is 3.36. The molecular weight excluding hydrogens is 390 g/mol. The average molecular weight is 412 g/mol. The predicted octanol–water partition coefficient (Wildman–Crippen LogP) is 5.49. The van der Waals surface area contributed by atoms with Crippen LogP contribution >= 0.6 is 23.1 Å². The van der Waals surface area contributed by atoms with Crippen molar-refractivity contribution in [3.63, 3.8) is 0 Å². The normalized spacial score (nSPS) is 11.1. The van der Waals surface area contributed by atoms with Gasteiger partial charge in [-0.05, 0) is 37.3 Å². The number of hydrogen-bond acceptors (Lipinski definition) is 6. The average Bonchev–Trinajstić information content (AvgIpc) is 3.35. The van der Waals surface area contributed by atoms with Crippen LogP contribution in [0.5, 0.6) is 11.5 Å². The lowest BCUT2D eigenvalue weighted by molar-refractivity contribution is 0.355. The first-order chi connectivity index (χ1) is 13.7. The highest BCUT2D eigenvalue weighted by molar-refractivity contribution is 7.98. The Kier molecular flexibility index (Phi) is 5.54. The van der Waals surface area contributed by atoms with Crippen LogP contribution in [0.2, 0.25) is 0 Å². The van der Waals surface area contributed by atoms with E-state index in [9.17, 15) is 0 Å². The highest BCUT2D eigenvalue weighted by Crippen LogP contribution is 2.34. The predicted molar refractivity (Wildman–Crippen MR) is 116 cm³/mol. The molecule has 144 valence electrons. The van der Waals surface area contributed by atoms with E-state index in [-0.39, 0.29) is 0 Å². The van der Waals surface area contributed by atoms with Crippen molar-refractivity contribution in [2.45, 2.75) is 24.4 Å². The van der Waals surface area contributed by atoms with Gasteiger partial charge < -0.3 is 14.0 Å². The first-order valence-electron chi connectivity index (χ1n) is 8.98. The van der Waals surface area contributed by atoms with Gasteiger partial charge in [0, 0.05) is 23.2 Å². The Balaban J connectivity index is 1.53. The van der Waals surface area contributed by atoms with E-state index >= 15 is 0 Å². The molecule has 4 rings (SSSR count). The number of benzene rings is 2. The van der Waals surface area contributed by atoms with Gasteiger partial charge in [0.05, 0.1) is 30.9 Å². The van der Waals surface area contributed by atoms with E-state index in [2.05, 4.69) is 35.1 Å². The molecule has 0 unspecified atom stereocenters. The summed E-state index contributed by atoms with van der Waals surface area (Å²) in [5.41, 5.74) is 4.29. The molecule has 4 aromatic rings. The van der Waals surface area contributed by atoms with Gasteiger partial charge in [-0.3, -0.25) is 0 Å². The van der Waals surface area contributed by atoms with Crippen LogP contribution in [0.4, 0.5) is 0 Å². The first kappa shape index (κ1) is 18.8. The summed E-state index contributed by atoms with van der Waals surface area (Å²) in [7, 11) is 3.28. The van der Waals surface area contributed by atoms with Crippen LogP contribution in [0.15, 0.2) is 53.0 Å². The van der Waals surface area contributed by atoms with E-state index in [0.717, 1.165) is 45.0 Å². The number of hydrogen-bond donors (Lipinski definition) is 0. The van der Waals surface area contributed by atoms with Crippen molar-refractivity contribution in [2.24, 2.45) is 0 Å². The Morgan fingerprint density at radius 2 is 1.86 bits per heavy atom. The SMILES string of the molecule is CCn1c(SCc2csc(-c3ccc(OC)c(OC)c3)n2)nc2ccccc21. The fourth-order valence-electron chi connectivity index (χ4n) is 3.08. The van der Waals surface area contributed by atoms with Gasteiger partial charge in [0.1, 0.15) is 5.01 Å². The van der Waals surface area contributed by atoms with E-state index in [4.69, 9.17) is 19.4 Å². The molecule has 0 amide bonds. The molecule has 0 aliphatic rings. The summed E-state index contributed by atoms with van der Waals surface area (Å²) in [6, 6.07) is 14.1. The largest absolute Gasteiger partial charge is 0.493 e. The van der Waals surface area contributed by atoms with Crippen LogP contribution in [0.1, 0.15) is 12.6 Å². The van der Waals surface area contributed by atoms with Gasteiger partial charge in [0.25, 0.3) is 0 Å². The maximum Gasteiger partial charge on any atom is 0.169 e. The van der Waals surface area contributed by atoms with Crippen molar-refractivity contribution in [2.75, 3.05) is 14.2 Å². The Bertz CT molecular complexity index is 1100. The number of aromatic nitrogens is 3. The number of nitrogens with zero attached hydrogens (tertiary/aromatic N) is 3. The fourth-order valence-corrected chi connectivity index (χ4v) is 4.98. The summed E-state index contributed by atoms with van der Waals surface area (Å²) in [5.74, 6) is 2.22. The van der Waals surface area contributed by atoms with Gasteiger partial charge >= 0.3 is 0 Å². The molecule has 28 heavy (non-hydrogen) atoms. The number of aryl methyl sites for hydroxylation is 1. The number of fused-ring (bicyclic) bond motifs is 1. The second-order valence-electron chi connectivity index (χ2n) is 6.13. The van der Waals surface area contributed by atoms with E-state index in [1.807, 2.05) is 24.3 Å². The van der Waals surface area contributed by atoms with E-state index in [1.54, 1.807) is 37.3 Å². The third-order valence-corrected chi connectivity index (χ3v) is 6.42. The Morgan fingerprint density at radius 1 is 1.04 bits per heavy atom. The Hall–Kier alpha value is -2.51. The molecule has 0 bridgehead atoms. The lowest BCUT2D eigenvalue weighted by atomic mass is 10.2. The highest BCUT2D eigenvalue weighted by Gasteiger charge is 2.13. The minimum absolute atomic E-state index is 0.711. The lowest BCUT2D eigenvalue weighted by Crippen LogP contribution is -1.96. The van der Waals surface area contributed by atoms with Crippen molar-refractivity contribution in [1.82, 2.24) is 14.5 Å². The quantitative estimate of drug-likeness (QED) is 0.376. The van der Waals surface area contributed by atoms with Crippen molar-refractivity contribution in [3.05, 3.63) is 53.5 Å². The molecule has 0 saturated carbocycles. The molecule has 2 heterocycles. The maximum absolute atomic E-state index is 5.40. The van der Waals surface area contributed by atoms with Gasteiger partial charge in [-0.2, -0.15) is 0 Å². The number of para-hydroxylation sites is 2. The van der Waals surface area contributed by atoms with Gasteiger partial charge in [0.2, 0.25) is 0 Å². The molecule has 7 heteroatoms. The standard InChI is InChI=1S/C21H21N3O2S2/c1-4-24-17-8-6-5-7-16(17)23-21(24)28-13-15-12-27-20(22-15)14-9-10-18(25-2)19(11-14)26-3/h5-12H,4,13H2,1-3H3. The summed E-state index contributed by atoms with van der Waals surface area (Å²) < 4.78 is 13.0. The van der Waals surface area contributed by atoms with Crippen LogP contribution < -0.4 is 9.47 Å². The minimum atomic E-state index is 0.711. The molecule has 0 N–H and O–H groups in total. The maximum atomic E-state index is 5.40. The van der Waals surface area contributed by atoms with E-state index < -0.39 is 0 Å². The molecule has 0 fully saturated rings. The number of thiazole rings is 1. The molecule has 0 aliphatic heterocycles. The summed E-state index contributed by atoms with van der Waals surface area (Å²) in [5, 5.41) is 4.11. The van der Waals surface area contributed by atoms with Crippen molar-refractivity contribution >= 4 is 34.1 Å². The van der Waals surface area contributed by atoms with Crippen LogP contribution in [0, 0.1) is 0 Å². The molecule has 0 aliphatic carbocycles. The molecular formula is C21H21N3O2S2. The monoisotopic (exact) mass is 411 g/mol. The molecule has 2 aromatic heterocycles. The highest BCUT2D eigenvalue weighted by atomic mass is 32.2. The van der Waals surface area contributed by atoms with Crippen molar-refractivity contribution in [1.29, 1.82) is 0 Å². The molecule has 0 radical (unpaired) electrons. The Labute approximate surface area is 172 Å². The van der Waals surface area contributed by atoms with E-state index in [1.165, 1.54) is 5.52 Å². The zero-order valence-corrected chi connectivity index (χ0v) is 17.6. The Morgan fingerprint density at radius 3 is 2.64 bits per heavy atom. The smallest absolute Gasteiger partial charge is 0.169 e. The number of imidazole rings is 1. The molecule has 0 atom stereocenters. The second-order valence-corrected chi connectivity index (χ2v) is 7.93. The van der Waals surface area contributed by atoms with Crippen LogP contribution in [0.25, 0.3) is 21.6 Å². The van der Waals surface area contributed by atoms with Crippen molar-refractivity contribution < 1.29 is 9.47 Å². The summed E-state index contributed by atoms with van der Waals surface area (Å²) in [6.45, 7) is 3.05. The number of rotatable bonds is 7. The lowest BCUT2D eigenvalue weighted by Gasteiger charge is -2.08. The van der Waals surface area contributed by atoms with Crippen LogP contribution in [0.3, 0.4) is 0 Å². The number of thioether (sulfide) groups is 1. The fraction of sp³-hybridized carbons (Fsp3) is 0.238. The van der Waals surface area contributed by atoms with Gasteiger partial charge in [-0.15, -0.1) is 11.3 Å². The molecule has 0 spiro atoms. The number of methoxy groups -OCH3 is 2. The van der Waals surface area contributed by atoms with E-state index in [0.29, 0.717) is 5.75 Å². The van der Waals surface area contributed by atoms with Crippen molar-refractivity contribution in [3.8, 4) is 22.1 Å². The van der Waals surface area contributed by atoms with Gasteiger partial charge in [-0.1, -0.05) is 23.9 Å². The van der Waals surface area contributed by atoms with Crippen LogP contribution in [-0.4, -0.2) is 28.8 Å². The van der Waals surface area contributed by atoms with Gasteiger partial charge in [0.15, 0.2) is 16.7 Å². The molecule has 5 nitrogen and oxygen atoms in total. The third-order valence-electron chi connectivity index (χ3n) is 4.47. The minimum Gasteiger partial charge on any atom is -0.493 e. The molecule has 2 aromatic carbocycles. The van der Waals surface area contributed by atoms with Gasteiger partial charge in [-0.25, -0.2) is 9.97 Å². The first-order valence-corrected chi connectivity index (χ1v) is 10.8. The topological polar surface area (TPSA) is 49.2 Å². The zero-order chi connectivity index (χ0) is 19.5. The van der Waals surface area contributed by atoms with Crippen LogP contribution in [-0.2, 0) is 12.3 Å². The number of ether oxygens (including phenoxy) is 2. The zero-order valence-electron chi connectivity index (χ0n) is 16.0. The summed E-state index contributed by atoms with van der Waals surface area (Å²) in [4.78, 5) is 9.58. The second kappa shape index (κ2) is 8.24.